The first-order chi connectivity index (χ1) is 15.2. The van der Waals surface area contributed by atoms with Gasteiger partial charge in [-0.1, -0.05) is 29.8 Å². The van der Waals surface area contributed by atoms with Crippen LogP contribution < -0.4 is 9.84 Å². The topological polar surface area (TPSA) is 107 Å². The minimum Gasteiger partial charge on any atom is -0.404 e. The van der Waals surface area contributed by atoms with Crippen molar-refractivity contribution in [2.75, 3.05) is 6.56 Å². The minimum absolute atomic E-state index is 0.0278. The van der Waals surface area contributed by atoms with Crippen LogP contribution in [0.15, 0.2) is 41.8 Å². The van der Waals surface area contributed by atoms with Gasteiger partial charge in [-0.3, -0.25) is 13.8 Å². The standard InChI is InChI=1S/C17H16Cl2FN2O7P/c1-9-21-15(24)12(19)6-22(9)16-13(23)5-17(20,28-16)8-27-30(25)26-7-10-4-11(18)2-3-14(10)29-30/h2-4,6,13,16,23H,1,5,7-8H2,(H,21,24)/t13-,16-,17+,30?/m1/s1/i8D2,16D. The van der Waals surface area contributed by atoms with Gasteiger partial charge < -0.3 is 24.6 Å². The third-order valence-electron chi connectivity index (χ3n) is 4.17. The molecule has 13 heteroatoms. The van der Waals surface area contributed by atoms with Gasteiger partial charge in [-0.2, -0.15) is 0 Å². The molecule has 4 atom stereocenters. The van der Waals surface area contributed by atoms with Gasteiger partial charge in [0.25, 0.3) is 5.91 Å². The molecule has 162 valence electrons. The number of fused-ring (bicyclic) bond motifs is 1. The lowest BCUT2D eigenvalue weighted by atomic mass is 10.1. The van der Waals surface area contributed by atoms with Crippen LogP contribution in [-0.4, -0.2) is 40.6 Å². The van der Waals surface area contributed by atoms with Crippen LogP contribution >= 0.6 is 31.0 Å². The lowest BCUT2D eigenvalue weighted by molar-refractivity contribution is -0.184. The Morgan fingerprint density at radius 2 is 2.33 bits per heavy atom. The molecule has 1 unspecified atom stereocenters. The summed E-state index contributed by atoms with van der Waals surface area (Å²) in [5, 5.41) is 12.5. The number of phosphoric ester groups is 1. The van der Waals surface area contributed by atoms with E-state index in [0.717, 1.165) is 6.20 Å². The molecule has 1 fully saturated rings. The molecule has 2 N–H and O–H groups in total. The fourth-order valence-corrected chi connectivity index (χ4v) is 4.24. The average molecular weight is 484 g/mol. The summed E-state index contributed by atoms with van der Waals surface area (Å²) in [5.74, 6) is -4.53. The Labute approximate surface area is 184 Å². The summed E-state index contributed by atoms with van der Waals surface area (Å²) in [5.41, 5.74) is 0.403. The maximum atomic E-state index is 15.7. The third-order valence-corrected chi connectivity index (χ3v) is 5.86. The van der Waals surface area contributed by atoms with Gasteiger partial charge >= 0.3 is 7.82 Å². The zero-order valence-electron chi connectivity index (χ0n) is 17.9. The molecule has 9 nitrogen and oxygen atoms in total. The highest BCUT2D eigenvalue weighted by atomic mass is 35.5. The number of nitrogens with one attached hydrogen (secondary N) is 1. The summed E-state index contributed by atoms with van der Waals surface area (Å²) in [6.07, 6.45) is -4.97. The zero-order chi connectivity index (χ0) is 24.4. The fourth-order valence-electron chi connectivity index (χ4n) is 2.80. The van der Waals surface area contributed by atoms with Gasteiger partial charge in [-0.05, 0) is 18.2 Å². The second kappa shape index (κ2) is 7.80. The lowest BCUT2D eigenvalue weighted by Crippen LogP contribution is -2.46. The Kier molecular flexibility index (Phi) is 4.67. The van der Waals surface area contributed by atoms with Gasteiger partial charge in [0, 0.05) is 23.2 Å². The van der Waals surface area contributed by atoms with Gasteiger partial charge in [-0.25, -0.2) is 8.96 Å². The fraction of sp³-hybridized carbons (Fsp3) is 0.353. The first-order valence-corrected chi connectivity index (χ1v) is 10.6. The molecule has 3 aliphatic rings. The number of carbonyl (C=O) groups is 1. The minimum atomic E-state index is -4.70. The van der Waals surface area contributed by atoms with Crippen LogP contribution in [0.3, 0.4) is 0 Å². The molecule has 1 amide bonds. The molecule has 0 bridgehead atoms. The Bertz CT molecular complexity index is 1130. The number of hydrogen-bond donors (Lipinski definition) is 2. The van der Waals surface area contributed by atoms with Crippen molar-refractivity contribution >= 4 is 36.9 Å². The molecule has 4 rings (SSSR count). The number of hydrogen-bond acceptors (Lipinski definition) is 8. The maximum Gasteiger partial charge on any atom is 0.530 e. The van der Waals surface area contributed by atoms with Crippen molar-refractivity contribution in [3.63, 3.8) is 0 Å². The number of phosphoric acid groups is 1. The Balaban J connectivity index is 1.58. The third kappa shape index (κ3) is 4.22. The summed E-state index contributed by atoms with van der Waals surface area (Å²) >= 11 is 11.6. The molecular weight excluding hydrogens is 465 g/mol. The van der Waals surface area contributed by atoms with Crippen molar-refractivity contribution < 1.29 is 41.3 Å². The second-order valence-corrected chi connectivity index (χ2v) is 8.76. The van der Waals surface area contributed by atoms with Gasteiger partial charge in [0.1, 0.15) is 29.3 Å². The summed E-state index contributed by atoms with van der Waals surface area (Å²) in [6.45, 7) is -0.381. The van der Waals surface area contributed by atoms with Crippen molar-refractivity contribution in [2.45, 2.75) is 31.2 Å². The van der Waals surface area contributed by atoms with E-state index in [1.54, 1.807) is 0 Å². The van der Waals surface area contributed by atoms with Crippen molar-refractivity contribution in [2.24, 2.45) is 0 Å². The smallest absolute Gasteiger partial charge is 0.404 e. The predicted molar refractivity (Wildman–Crippen MR) is 103 cm³/mol. The zero-order valence-corrected chi connectivity index (χ0v) is 17.3. The van der Waals surface area contributed by atoms with Crippen LogP contribution in [0.4, 0.5) is 4.39 Å². The molecule has 0 aromatic heterocycles. The van der Waals surface area contributed by atoms with Crippen LogP contribution in [0, 0.1) is 0 Å². The number of carbonyl (C=O) groups excluding carboxylic acids is 1. The Morgan fingerprint density at radius 3 is 3.10 bits per heavy atom. The molecule has 30 heavy (non-hydrogen) atoms. The number of rotatable bonds is 4. The van der Waals surface area contributed by atoms with Crippen molar-refractivity contribution in [3.05, 3.63) is 52.4 Å². The molecular formula is C17H16Cl2FN2O7P. The maximum absolute atomic E-state index is 15.7. The summed E-state index contributed by atoms with van der Waals surface area (Å²) in [7, 11) is -4.70. The molecule has 0 radical (unpaired) electrons. The van der Waals surface area contributed by atoms with Crippen LogP contribution in [-0.2, 0) is 29.8 Å². The van der Waals surface area contributed by atoms with Crippen LogP contribution in [0.5, 0.6) is 5.75 Å². The van der Waals surface area contributed by atoms with E-state index in [-0.39, 0.29) is 18.2 Å². The molecule has 0 spiro atoms. The SMILES string of the molecule is [2H]C([2H])(OP1(=O)OCc2cc(Cl)ccc2O1)[C@]1(F)C[C@@H](O)[C@]([2H])(N2C=C(Cl)C(=O)NC2=C)O1. The van der Waals surface area contributed by atoms with E-state index >= 15 is 4.39 Å². The van der Waals surface area contributed by atoms with E-state index in [1.165, 1.54) is 18.2 Å². The number of benzene rings is 1. The normalized spacial score (nSPS) is 38.0. The van der Waals surface area contributed by atoms with Gasteiger partial charge in [0.15, 0.2) is 6.20 Å². The molecule has 3 heterocycles. The summed E-state index contributed by atoms with van der Waals surface area (Å²) < 4.78 is 73.1. The predicted octanol–water partition coefficient (Wildman–Crippen LogP) is 3.13. The first-order valence-electron chi connectivity index (χ1n) is 9.85. The molecule has 0 saturated carbocycles. The van der Waals surface area contributed by atoms with Crippen molar-refractivity contribution in [1.82, 2.24) is 10.2 Å². The van der Waals surface area contributed by atoms with E-state index in [9.17, 15) is 14.5 Å². The Morgan fingerprint density at radius 1 is 1.57 bits per heavy atom. The number of aliphatic hydroxyl groups excluding tert-OH is 1. The highest BCUT2D eigenvalue weighted by Crippen LogP contribution is 2.55. The average Bonchev–Trinajstić information content (AvgIpc) is 2.95. The van der Waals surface area contributed by atoms with Crippen LogP contribution in [0.1, 0.15) is 16.1 Å². The van der Waals surface area contributed by atoms with Crippen LogP contribution in [0.25, 0.3) is 0 Å². The van der Waals surface area contributed by atoms with Crippen molar-refractivity contribution in [3.8, 4) is 5.75 Å². The van der Waals surface area contributed by atoms with E-state index in [0.29, 0.717) is 15.5 Å². The highest BCUT2D eigenvalue weighted by molar-refractivity contribution is 7.49. The van der Waals surface area contributed by atoms with E-state index in [2.05, 4.69) is 11.9 Å². The number of aliphatic hydroxyl groups is 1. The van der Waals surface area contributed by atoms with Crippen LogP contribution in [0.2, 0.25) is 5.02 Å². The van der Waals surface area contributed by atoms with Gasteiger partial charge in [0.05, 0.1) is 10.7 Å². The highest BCUT2D eigenvalue weighted by Gasteiger charge is 2.51. The Hall–Kier alpha value is -1.65. The van der Waals surface area contributed by atoms with E-state index in [1.807, 2.05) is 0 Å². The monoisotopic (exact) mass is 483 g/mol. The largest absolute Gasteiger partial charge is 0.530 e. The molecule has 0 aliphatic carbocycles. The lowest BCUT2D eigenvalue weighted by Gasteiger charge is -2.33. The van der Waals surface area contributed by atoms with Gasteiger partial charge in [-0.15, -0.1) is 0 Å². The summed E-state index contributed by atoms with van der Waals surface area (Å²) in [4.78, 5) is 12.3. The number of halogens is 3. The molecule has 1 aromatic rings. The molecule has 3 aliphatic heterocycles. The van der Waals surface area contributed by atoms with E-state index in [4.69, 9.17) is 45.6 Å². The number of nitrogens with zero attached hydrogens (tertiary/aromatic N) is 1. The first kappa shape index (κ1) is 18.0. The summed E-state index contributed by atoms with van der Waals surface area (Å²) in [6, 6.07) is 4.25. The van der Waals surface area contributed by atoms with Gasteiger partial charge in [0.2, 0.25) is 5.85 Å². The molecule has 1 saturated heterocycles. The number of alkyl halides is 1. The second-order valence-electron chi connectivity index (χ2n) is 6.39. The van der Waals surface area contributed by atoms with E-state index < -0.39 is 49.9 Å². The molecule has 1 aromatic carbocycles. The number of amides is 1. The number of ether oxygens (including phenoxy) is 1. The quantitative estimate of drug-likeness (QED) is 0.629. The van der Waals surface area contributed by atoms with Crippen molar-refractivity contribution in [1.29, 1.82) is 0 Å².